The number of fused-ring (bicyclic) bond motifs is 1. The molecule has 7 nitrogen and oxygen atoms in total. The fourth-order valence-electron chi connectivity index (χ4n) is 2.82. The average molecular weight is 396 g/mol. The smallest absolute Gasteiger partial charge is 0.238 e. The Morgan fingerprint density at radius 1 is 0.793 bits per heavy atom. The van der Waals surface area contributed by atoms with Gasteiger partial charge in [0.2, 0.25) is 11.2 Å². The van der Waals surface area contributed by atoms with Crippen LogP contribution in [0.1, 0.15) is 0 Å². The quantitative estimate of drug-likeness (QED) is 0.383. The van der Waals surface area contributed by atoms with Crippen LogP contribution in [0, 0.1) is 5.82 Å². The van der Waals surface area contributed by atoms with E-state index in [9.17, 15) is 29.6 Å². The second-order valence-electron chi connectivity index (χ2n) is 6.18. The molecule has 1 aromatic heterocycles. The molecule has 0 aliphatic heterocycles. The first-order valence-electron chi connectivity index (χ1n) is 8.32. The van der Waals surface area contributed by atoms with Crippen molar-refractivity contribution in [2.75, 3.05) is 0 Å². The highest BCUT2D eigenvalue weighted by Gasteiger charge is 2.20. The molecule has 0 spiro atoms. The molecule has 0 bridgehead atoms. The van der Waals surface area contributed by atoms with Crippen molar-refractivity contribution in [2.45, 2.75) is 0 Å². The van der Waals surface area contributed by atoms with Crippen molar-refractivity contribution in [1.82, 2.24) is 0 Å². The van der Waals surface area contributed by atoms with Crippen LogP contribution in [-0.4, -0.2) is 20.4 Å². The number of phenols is 3. The van der Waals surface area contributed by atoms with Crippen molar-refractivity contribution in [3.63, 3.8) is 0 Å². The molecule has 0 radical (unpaired) electrons. The summed E-state index contributed by atoms with van der Waals surface area (Å²) in [5.41, 5.74) is -0.853. The summed E-state index contributed by atoms with van der Waals surface area (Å²) in [5, 5.41) is 39.3. The van der Waals surface area contributed by atoms with Gasteiger partial charge >= 0.3 is 0 Å². The van der Waals surface area contributed by atoms with Crippen LogP contribution in [0.2, 0.25) is 0 Å². The number of phenolic OH excluding ortho intramolecular Hbond substituents is 3. The van der Waals surface area contributed by atoms with Crippen LogP contribution < -0.4 is 10.2 Å². The fraction of sp³-hybridized carbons (Fsp3) is 0. The minimum atomic E-state index is -0.889. The molecule has 1 heterocycles. The van der Waals surface area contributed by atoms with Crippen LogP contribution in [0.25, 0.3) is 22.3 Å². The maximum Gasteiger partial charge on any atom is 0.238 e. The third kappa shape index (κ3) is 3.27. The molecule has 4 rings (SSSR count). The van der Waals surface area contributed by atoms with E-state index in [-0.39, 0.29) is 39.5 Å². The number of aromatic hydroxyl groups is 4. The molecular formula is C21H13FO7. The van der Waals surface area contributed by atoms with Gasteiger partial charge in [-0.15, -0.1) is 0 Å². The summed E-state index contributed by atoms with van der Waals surface area (Å²) in [5.74, 6) is -2.43. The van der Waals surface area contributed by atoms with Gasteiger partial charge in [0.25, 0.3) is 0 Å². The SMILES string of the molecule is O=c1c(O)c(-c2ccc(O)c(O)c2)oc2cc(Oc3ccc(F)cc3)cc(O)c12. The predicted molar refractivity (Wildman–Crippen MR) is 101 cm³/mol. The van der Waals surface area contributed by atoms with Gasteiger partial charge in [0.1, 0.15) is 34.0 Å². The fourth-order valence-corrected chi connectivity index (χ4v) is 2.82. The summed E-state index contributed by atoms with van der Waals surface area (Å²) < 4.78 is 24.2. The van der Waals surface area contributed by atoms with Crippen LogP contribution in [-0.2, 0) is 0 Å². The molecule has 0 aliphatic rings. The number of rotatable bonds is 3. The Balaban J connectivity index is 1.87. The Morgan fingerprint density at radius 3 is 2.21 bits per heavy atom. The lowest BCUT2D eigenvalue weighted by Gasteiger charge is -2.10. The minimum Gasteiger partial charge on any atom is -0.507 e. The molecule has 0 amide bonds. The highest BCUT2D eigenvalue weighted by molar-refractivity contribution is 5.88. The van der Waals surface area contributed by atoms with Gasteiger partial charge in [0, 0.05) is 17.7 Å². The molecule has 0 saturated carbocycles. The van der Waals surface area contributed by atoms with Crippen molar-refractivity contribution in [3.05, 3.63) is 70.6 Å². The zero-order chi connectivity index (χ0) is 20.7. The largest absolute Gasteiger partial charge is 0.507 e. The van der Waals surface area contributed by atoms with Crippen molar-refractivity contribution in [3.8, 4) is 45.8 Å². The average Bonchev–Trinajstić information content (AvgIpc) is 2.68. The Hall–Kier alpha value is -4.20. The molecule has 4 N–H and O–H groups in total. The Morgan fingerprint density at radius 2 is 1.52 bits per heavy atom. The highest BCUT2D eigenvalue weighted by Crippen LogP contribution is 2.38. The van der Waals surface area contributed by atoms with Crippen LogP contribution in [0.3, 0.4) is 0 Å². The molecule has 3 aromatic carbocycles. The third-order valence-corrected chi connectivity index (χ3v) is 4.21. The van der Waals surface area contributed by atoms with Gasteiger partial charge in [0.05, 0.1) is 0 Å². The van der Waals surface area contributed by atoms with Crippen molar-refractivity contribution in [1.29, 1.82) is 0 Å². The summed E-state index contributed by atoms with van der Waals surface area (Å²) in [6, 6.07) is 11.3. The monoisotopic (exact) mass is 396 g/mol. The van der Waals surface area contributed by atoms with Gasteiger partial charge in [-0.05, 0) is 42.5 Å². The Bertz CT molecular complexity index is 1290. The van der Waals surface area contributed by atoms with Crippen LogP contribution in [0.4, 0.5) is 4.39 Å². The predicted octanol–water partition coefficient (Wildman–Crippen LogP) is 4.21. The second kappa shape index (κ2) is 6.75. The summed E-state index contributed by atoms with van der Waals surface area (Å²) in [6.07, 6.45) is 0. The molecule has 4 aromatic rings. The van der Waals surface area contributed by atoms with Crippen molar-refractivity contribution in [2.24, 2.45) is 0 Å². The minimum absolute atomic E-state index is 0.0903. The molecule has 29 heavy (non-hydrogen) atoms. The first-order valence-corrected chi connectivity index (χ1v) is 8.32. The van der Waals surface area contributed by atoms with E-state index in [1.54, 1.807) is 0 Å². The summed E-state index contributed by atoms with van der Waals surface area (Å²) >= 11 is 0. The van der Waals surface area contributed by atoms with E-state index in [0.717, 1.165) is 12.1 Å². The van der Waals surface area contributed by atoms with Gasteiger partial charge in [0.15, 0.2) is 17.3 Å². The van der Waals surface area contributed by atoms with Gasteiger partial charge in [-0.25, -0.2) is 4.39 Å². The molecule has 0 saturated heterocycles. The number of hydrogen-bond acceptors (Lipinski definition) is 7. The molecule has 0 aliphatic carbocycles. The van der Waals surface area contributed by atoms with E-state index in [0.29, 0.717) is 0 Å². The van der Waals surface area contributed by atoms with Gasteiger partial charge < -0.3 is 29.6 Å². The first-order chi connectivity index (χ1) is 13.8. The number of halogens is 1. The number of hydrogen-bond donors (Lipinski definition) is 4. The van der Waals surface area contributed by atoms with Crippen LogP contribution >= 0.6 is 0 Å². The zero-order valence-electron chi connectivity index (χ0n) is 14.6. The molecule has 146 valence electrons. The molecule has 0 atom stereocenters. The van der Waals surface area contributed by atoms with Crippen molar-refractivity contribution >= 4 is 11.0 Å². The highest BCUT2D eigenvalue weighted by atomic mass is 19.1. The van der Waals surface area contributed by atoms with Crippen LogP contribution in [0.15, 0.2) is 63.8 Å². The van der Waals surface area contributed by atoms with Crippen molar-refractivity contribution < 1.29 is 34.0 Å². The second-order valence-corrected chi connectivity index (χ2v) is 6.18. The molecule has 8 heteroatoms. The summed E-state index contributed by atoms with van der Waals surface area (Å²) in [7, 11) is 0. The summed E-state index contributed by atoms with van der Waals surface area (Å²) in [6.45, 7) is 0. The topological polar surface area (TPSA) is 120 Å². The lowest BCUT2D eigenvalue weighted by Crippen LogP contribution is -2.03. The Kier molecular flexibility index (Phi) is 4.23. The number of ether oxygens (including phenoxy) is 1. The standard InChI is InChI=1S/C21H13FO7/c22-11-2-4-12(5-3-11)28-13-8-16(25)18-17(9-13)29-21(20(27)19(18)26)10-1-6-14(23)15(24)7-10/h1-9,23-25,27H. The van der Waals surface area contributed by atoms with E-state index in [1.807, 2.05) is 0 Å². The van der Waals surface area contributed by atoms with E-state index < -0.39 is 28.5 Å². The van der Waals surface area contributed by atoms with Gasteiger partial charge in [-0.3, -0.25) is 4.79 Å². The van der Waals surface area contributed by atoms with E-state index in [4.69, 9.17) is 9.15 Å². The third-order valence-electron chi connectivity index (χ3n) is 4.21. The lowest BCUT2D eigenvalue weighted by atomic mass is 10.1. The normalized spacial score (nSPS) is 10.9. The molecule has 0 unspecified atom stereocenters. The molecule has 0 fully saturated rings. The zero-order valence-corrected chi connectivity index (χ0v) is 14.6. The lowest BCUT2D eigenvalue weighted by molar-refractivity contribution is 0.403. The van der Waals surface area contributed by atoms with Gasteiger partial charge in [-0.1, -0.05) is 0 Å². The number of benzene rings is 3. The first kappa shape index (κ1) is 18.2. The molecular weight excluding hydrogens is 383 g/mol. The van der Waals surface area contributed by atoms with E-state index in [2.05, 4.69) is 0 Å². The van der Waals surface area contributed by atoms with Gasteiger partial charge in [-0.2, -0.15) is 0 Å². The summed E-state index contributed by atoms with van der Waals surface area (Å²) in [4.78, 5) is 12.5. The maximum atomic E-state index is 13.0. The maximum absolute atomic E-state index is 13.0. The van der Waals surface area contributed by atoms with E-state index in [1.165, 1.54) is 42.5 Å². The van der Waals surface area contributed by atoms with Crippen LogP contribution in [0.5, 0.6) is 34.5 Å². The Labute approximate surface area is 162 Å². The van der Waals surface area contributed by atoms with E-state index >= 15 is 0 Å².